The van der Waals surface area contributed by atoms with E-state index < -0.39 is 5.41 Å². The Balaban J connectivity index is 0.00000316. The number of aromatic nitrogens is 1. The van der Waals surface area contributed by atoms with Crippen LogP contribution in [0.2, 0.25) is 0 Å². The van der Waals surface area contributed by atoms with Gasteiger partial charge in [0.05, 0.1) is 0 Å². The van der Waals surface area contributed by atoms with Crippen molar-refractivity contribution in [3.8, 4) is 22.4 Å². The van der Waals surface area contributed by atoms with Crippen molar-refractivity contribution in [1.82, 2.24) is 4.98 Å². The first-order chi connectivity index (χ1) is 20.2. The molecule has 0 saturated carbocycles. The van der Waals surface area contributed by atoms with Crippen LogP contribution in [0.5, 0.6) is 0 Å². The van der Waals surface area contributed by atoms with Crippen LogP contribution in [-0.2, 0) is 26.5 Å². The van der Waals surface area contributed by atoms with Crippen LogP contribution in [0.4, 0.5) is 0 Å². The minimum Gasteiger partial charge on any atom is -0.452 e. The van der Waals surface area contributed by atoms with Crippen molar-refractivity contribution in [3.05, 3.63) is 174 Å². The molecule has 0 unspecified atom stereocenters. The van der Waals surface area contributed by atoms with Crippen molar-refractivity contribution in [3.63, 3.8) is 0 Å². The zero-order valence-corrected chi connectivity index (χ0v) is 25.4. The number of allylic oxidation sites excluding steroid dienone is 4. The zero-order valence-electron chi connectivity index (χ0n) is 23.1. The fourth-order valence-electron chi connectivity index (χ4n) is 6.11. The third-order valence-corrected chi connectivity index (χ3v) is 8.02. The van der Waals surface area contributed by atoms with E-state index in [0.29, 0.717) is 0 Å². The summed E-state index contributed by atoms with van der Waals surface area (Å²) in [4.78, 5) is 10.1. The van der Waals surface area contributed by atoms with E-state index in [1.807, 2.05) is 0 Å². The molecule has 0 atom stereocenters. The third kappa shape index (κ3) is 4.53. The van der Waals surface area contributed by atoms with Crippen LogP contribution < -0.4 is 0 Å². The Morgan fingerprint density at radius 1 is 0.667 bits per heavy atom. The minimum absolute atomic E-state index is 0. The Labute approximate surface area is 262 Å². The van der Waals surface area contributed by atoms with Crippen LogP contribution in [0.3, 0.4) is 0 Å². The average Bonchev–Trinajstić information content (AvgIpc) is 3.33. The normalized spacial score (nSPS) is 18.1. The van der Waals surface area contributed by atoms with E-state index >= 15 is 0 Å². The summed E-state index contributed by atoms with van der Waals surface area (Å²) in [5, 5.41) is 0. The molecule has 5 aromatic rings. The molecular formula is C39H27N2Pt-3. The monoisotopic (exact) mass is 718 g/mol. The van der Waals surface area contributed by atoms with Gasteiger partial charge in [0.15, 0.2) is 0 Å². The van der Waals surface area contributed by atoms with Crippen LogP contribution in [0, 0.1) is 19.2 Å². The molecule has 206 valence electrons. The summed E-state index contributed by atoms with van der Waals surface area (Å²) >= 11 is 0. The summed E-state index contributed by atoms with van der Waals surface area (Å²) in [7, 11) is 4.08. The van der Waals surface area contributed by atoms with Crippen molar-refractivity contribution < 1.29 is 21.1 Å². The molecule has 2 heterocycles. The fraction of sp³-hybridized carbons (Fsp3) is 0.0513. The molecule has 42 heavy (non-hydrogen) atoms. The van der Waals surface area contributed by atoms with E-state index in [1.54, 1.807) is 0 Å². The second kappa shape index (κ2) is 11.4. The molecule has 3 heteroatoms. The number of hydrogen-bond donors (Lipinski definition) is 0. The van der Waals surface area contributed by atoms with Gasteiger partial charge < -0.3 is 4.99 Å². The maximum atomic E-state index is 5.34. The number of hydrogen-bond acceptors (Lipinski definition) is 2. The van der Waals surface area contributed by atoms with E-state index in [0.717, 1.165) is 56.1 Å². The number of aliphatic imine (C=N–C) groups is 1. The Bertz CT molecular complexity index is 1880. The molecule has 6 bridgehead atoms. The predicted molar refractivity (Wildman–Crippen MR) is 170 cm³/mol. The number of fused-ring (bicyclic) bond motifs is 13. The molecule has 1 aromatic heterocycles. The molecule has 0 amide bonds. The van der Waals surface area contributed by atoms with Gasteiger partial charge in [-0.05, 0) is 28.3 Å². The minimum atomic E-state index is -0.735. The summed E-state index contributed by atoms with van der Waals surface area (Å²) in [6.45, 7) is 2.11. The number of benzene rings is 4. The third-order valence-electron chi connectivity index (χ3n) is 8.02. The van der Waals surface area contributed by atoms with Crippen molar-refractivity contribution in [2.75, 3.05) is 0 Å². The molecule has 0 radical (unpaired) electrons. The maximum Gasteiger partial charge on any atom is 0.0386 e. The number of nitrogens with zero attached hydrogens (tertiary/aromatic N) is 2. The van der Waals surface area contributed by atoms with Gasteiger partial charge in [0.1, 0.15) is 0 Å². The standard InChI is InChI=1S/C39H27N2.Pt/c1-27-11-7-21-37(40-2)39(34-18-5-3-16-32(34)33-17-4-6-19-35(33)39)38-22-10-20-36(41-38)31-15-9-13-29(26-31)24-23-28-12-8-14-30(27)25-28;/h3-24H,2H2,1H3;/q-3;/b21-7-,24-23-,27-11+,40-37?;. The Morgan fingerprint density at radius 3 is 1.93 bits per heavy atom. The largest absolute Gasteiger partial charge is 0.452 e. The Hall–Kier alpha value is -4.52. The first kappa shape index (κ1) is 27.6. The van der Waals surface area contributed by atoms with Gasteiger partial charge in [-0.1, -0.05) is 91.0 Å². The second-order valence-corrected chi connectivity index (χ2v) is 10.4. The smallest absolute Gasteiger partial charge is 0.0386 e. The molecule has 0 saturated heterocycles. The molecule has 0 N–H and O–H groups in total. The molecular weight excluding hydrogens is 692 g/mol. The maximum absolute atomic E-state index is 5.34. The van der Waals surface area contributed by atoms with Crippen molar-refractivity contribution >= 4 is 23.4 Å². The van der Waals surface area contributed by atoms with Gasteiger partial charge in [0.25, 0.3) is 0 Å². The van der Waals surface area contributed by atoms with E-state index in [4.69, 9.17) is 9.98 Å². The summed E-state index contributed by atoms with van der Waals surface area (Å²) < 4.78 is 0. The topological polar surface area (TPSA) is 25.2 Å². The Morgan fingerprint density at radius 2 is 1.26 bits per heavy atom. The Kier molecular flexibility index (Phi) is 7.50. The molecule has 7 rings (SSSR count). The molecule has 4 aromatic carbocycles. The van der Waals surface area contributed by atoms with E-state index in [2.05, 4.69) is 160 Å². The van der Waals surface area contributed by atoms with Gasteiger partial charge >= 0.3 is 0 Å². The van der Waals surface area contributed by atoms with Gasteiger partial charge in [0.2, 0.25) is 0 Å². The SMILES string of the molecule is [CH2-]N=C1/C=C\C=C(/C)c2[c-]c(ccc2)/C=C\c2[c-]c(ccc2)-c2cccc(n2)C12c1ccccc1-c1ccccc12.[Pt]. The number of rotatable bonds is 0. The molecule has 1 spiro atoms. The summed E-state index contributed by atoms with van der Waals surface area (Å²) in [6, 6.07) is 43.0. The van der Waals surface area contributed by atoms with Gasteiger partial charge in [-0.25, -0.2) is 0 Å². The second-order valence-electron chi connectivity index (χ2n) is 10.4. The van der Waals surface area contributed by atoms with Crippen LogP contribution in [0.15, 0.2) is 126 Å². The van der Waals surface area contributed by atoms with Crippen LogP contribution in [0.25, 0.3) is 40.1 Å². The van der Waals surface area contributed by atoms with E-state index in [-0.39, 0.29) is 21.1 Å². The molecule has 0 fully saturated rings. The molecule has 2 aliphatic rings. The van der Waals surface area contributed by atoms with E-state index in [9.17, 15) is 0 Å². The summed E-state index contributed by atoms with van der Waals surface area (Å²) in [5.74, 6) is 0. The van der Waals surface area contributed by atoms with Gasteiger partial charge in [-0.3, -0.25) is 4.98 Å². The molecule has 2 nitrogen and oxygen atoms in total. The fourth-order valence-corrected chi connectivity index (χ4v) is 6.11. The van der Waals surface area contributed by atoms with Crippen molar-refractivity contribution in [2.24, 2.45) is 4.99 Å². The van der Waals surface area contributed by atoms with E-state index in [1.165, 1.54) is 11.1 Å². The average molecular weight is 719 g/mol. The summed E-state index contributed by atoms with van der Waals surface area (Å²) in [6.07, 6.45) is 10.4. The van der Waals surface area contributed by atoms with Crippen LogP contribution in [0.1, 0.15) is 40.4 Å². The van der Waals surface area contributed by atoms with Crippen LogP contribution in [-0.4, -0.2) is 10.7 Å². The van der Waals surface area contributed by atoms with Gasteiger partial charge in [-0.2, -0.15) is 19.2 Å². The predicted octanol–water partition coefficient (Wildman–Crippen LogP) is 9.04. The van der Waals surface area contributed by atoms with Crippen molar-refractivity contribution in [1.29, 1.82) is 0 Å². The molecule has 1 aliphatic carbocycles. The zero-order chi connectivity index (χ0) is 27.8. The quantitative estimate of drug-likeness (QED) is 0.147. The van der Waals surface area contributed by atoms with Crippen molar-refractivity contribution in [2.45, 2.75) is 12.3 Å². The first-order valence-corrected chi connectivity index (χ1v) is 13.8. The van der Waals surface area contributed by atoms with Crippen LogP contribution >= 0.6 is 0 Å². The van der Waals surface area contributed by atoms with Gasteiger partial charge in [-0.15, -0.1) is 76.9 Å². The number of pyridine rings is 1. The molecule has 1 aliphatic heterocycles. The van der Waals surface area contributed by atoms with Gasteiger partial charge in [0, 0.05) is 37.9 Å². The first-order valence-electron chi connectivity index (χ1n) is 13.8. The summed E-state index contributed by atoms with van der Waals surface area (Å²) in [5.41, 5.74) is 11.6.